The Morgan fingerprint density at radius 1 is 1.03 bits per heavy atom. The molecule has 1 saturated carbocycles. The van der Waals surface area contributed by atoms with Crippen LogP contribution in [0.15, 0.2) is 54.6 Å². The molecule has 2 aromatic rings. The number of nitrogens with zero attached hydrogens (tertiary/aromatic N) is 1. The van der Waals surface area contributed by atoms with E-state index in [0.717, 1.165) is 5.56 Å². The Bertz CT molecular complexity index is 995. The molecule has 1 aliphatic carbocycles. The third kappa shape index (κ3) is 4.67. The van der Waals surface area contributed by atoms with E-state index in [1.165, 1.54) is 4.90 Å². The molecule has 2 aromatic carbocycles. The van der Waals surface area contributed by atoms with Gasteiger partial charge in [-0.05, 0) is 44.9 Å². The highest BCUT2D eigenvalue weighted by Crippen LogP contribution is 2.45. The third-order valence-corrected chi connectivity index (χ3v) is 5.73. The van der Waals surface area contributed by atoms with Gasteiger partial charge in [-0.1, -0.05) is 42.5 Å². The van der Waals surface area contributed by atoms with E-state index in [9.17, 15) is 14.4 Å². The first kappa shape index (κ1) is 22.0. The Balaban J connectivity index is 1.46. The van der Waals surface area contributed by atoms with Crippen LogP contribution < -0.4 is 5.32 Å². The molecular weight excluding hydrogens is 408 g/mol. The lowest BCUT2D eigenvalue weighted by atomic mass is 10.1. The van der Waals surface area contributed by atoms with Crippen molar-refractivity contribution in [1.29, 1.82) is 0 Å². The first-order chi connectivity index (χ1) is 15.2. The van der Waals surface area contributed by atoms with E-state index in [1.807, 2.05) is 30.3 Å². The minimum atomic E-state index is -0.771. The van der Waals surface area contributed by atoms with Gasteiger partial charge in [-0.3, -0.25) is 14.5 Å². The van der Waals surface area contributed by atoms with Crippen molar-refractivity contribution in [2.45, 2.75) is 44.9 Å². The van der Waals surface area contributed by atoms with Crippen molar-refractivity contribution in [1.82, 2.24) is 10.2 Å². The molecule has 32 heavy (non-hydrogen) atoms. The van der Waals surface area contributed by atoms with E-state index in [1.54, 1.807) is 45.0 Å². The molecule has 7 nitrogen and oxygen atoms in total. The second-order valence-corrected chi connectivity index (χ2v) is 9.43. The van der Waals surface area contributed by atoms with Crippen LogP contribution in [0.25, 0.3) is 0 Å². The van der Waals surface area contributed by atoms with Gasteiger partial charge in [-0.2, -0.15) is 0 Å². The summed E-state index contributed by atoms with van der Waals surface area (Å²) >= 11 is 0. The lowest BCUT2D eigenvalue weighted by Gasteiger charge is -2.27. The van der Waals surface area contributed by atoms with Crippen molar-refractivity contribution >= 4 is 17.9 Å². The Morgan fingerprint density at radius 2 is 1.62 bits per heavy atom. The lowest BCUT2D eigenvalue weighted by molar-refractivity contribution is 0.0426. The average molecular weight is 437 g/mol. The van der Waals surface area contributed by atoms with Gasteiger partial charge in [-0.15, -0.1) is 0 Å². The van der Waals surface area contributed by atoms with Gasteiger partial charge in [0, 0.05) is 5.92 Å². The molecule has 0 bridgehead atoms. The van der Waals surface area contributed by atoms with Gasteiger partial charge in [0.05, 0.1) is 36.4 Å². The number of carbonyl (C=O) groups excluding carboxylic acids is 3. The molecule has 1 fully saturated rings. The number of benzene rings is 2. The predicted octanol–water partition coefficient (Wildman–Crippen LogP) is 3.78. The summed E-state index contributed by atoms with van der Waals surface area (Å²) < 4.78 is 11.3. The van der Waals surface area contributed by atoms with Crippen LogP contribution in [0, 0.1) is 5.92 Å². The molecule has 1 N–H and O–H groups in total. The number of ether oxygens (including phenoxy) is 2. The fraction of sp³-hybridized carbons (Fsp3) is 0.400. The van der Waals surface area contributed by atoms with Crippen molar-refractivity contribution in [3.05, 3.63) is 71.3 Å². The second-order valence-electron chi connectivity index (χ2n) is 9.43. The number of hydrogen-bond acceptors (Lipinski definition) is 5. The van der Waals surface area contributed by atoms with Crippen molar-refractivity contribution in [3.8, 4) is 0 Å². The fourth-order valence-corrected chi connectivity index (χ4v) is 4.05. The summed E-state index contributed by atoms with van der Waals surface area (Å²) in [5.74, 6) is -0.721. The normalized spacial score (nSPS) is 22.0. The number of carbonyl (C=O) groups is 3. The summed E-state index contributed by atoms with van der Waals surface area (Å²) in [4.78, 5) is 39.5. The van der Waals surface area contributed by atoms with Crippen LogP contribution in [0.2, 0.25) is 0 Å². The van der Waals surface area contributed by atoms with Crippen molar-refractivity contribution < 1.29 is 23.9 Å². The van der Waals surface area contributed by atoms with Crippen LogP contribution in [0.4, 0.5) is 4.79 Å². The standard InChI is InChI=1S/C25H28N2O5/c1-24(2,3)32-23(30)26-25(13-18(25)15-31-14-17-9-5-4-6-10-17)16-27-21(28)19-11-7-8-12-20(19)22(27)29/h4-12,18H,13-16H2,1-3H3,(H,26,30)/t18-,25-/m1/s1. The monoisotopic (exact) mass is 436 g/mol. The summed E-state index contributed by atoms with van der Waals surface area (Å²) in [5.41, 5.74) is 0.408. The van der Waals surface area contributed by atoms with Gasteiger partial charge >= 0.3 is 6.09 Å². The summed E-state index contributed by atoms with van der Waals surface area (Å²) in [7, 11) is 0. The number of imide groups is 1. The summed E-state index contributed by atoms with van der Waals surface area (Å²) in [6.07, 6.45) is 0.0220. The lowest BCUT2D eigenvalue weighted by Crippen LogP contribution is -2.50. The number of alkyl carbamates (subject to hydrolysis) is 1. The third-order valence-electron chi connectivity index (χ3n) is 5.73. The molecule has 0 unspecified atom stereocenters. The molecule has 0 radical (unpaired) electrons. The van der Waals surface area contributed by atoms with E-state index in [4.69, 9.17) is 9.47 Å². The molecule has 7 heteroatoms. The van der Waals surface area contributed by atoms with E-state index >= 15 is 0 Å². The first-order valence-electron chi connectivity index (χ1n) is 10.8. The molecule has 168 valence electrons. The van der Waals surface area contributed by atoms with Gasteiger partial charge in [0.1, 0.15) is 5.60 Å². The number of amides is 3. The van der Waals surface area contributed by atoms with Crippen molar-refractivity contribution in [3.63, 3.8) is 0 Å². The number of nitrogens with one attached hydrogen (secondary N) is 1. The predicted molar refractivity (Wildman–Crippen MR) is 118 cm³/mol. The van der Waals surface area contributed by atoms with Gasteiger partial charge in [0.2, 0.25) is 0 Å². The highest BCUT2D eigenvalue weighted by atomic mass is 16.6. The highest BCUT2D eigenvalue weighted by molar-refractivity contribution is 6.21. The molecule has 0 saturated heterocycles. The zero-order valence-electron chi connectivity index (χ0n) is 18.6. The van der Waals surface area contributed by atoms with Crippen molar-refractivity contribution in [2.75, 3.05) is 13.2 Å². The largest absolute Gasteiger partial charge is 0.444 e. The fourth-order valence-electron chi connectivity index (χ4n) is 4.05. The molecule has 4 rings (SSSR count). The summed E-state index contributed by atoms with van der Waals surface area (Å²) in [6, 6.07) is 16.6. The number of rotatable bonds is 7. The van der Waals surface area contributed by atoms with E-state index in [-0.39, 0.29) is 24.3 Å². The SMILES string of the molecule is CC(C)(C)OC(=O)N[C@@]1(CN2C(=O)c3ccccc3C2=O)C[C@@H]1COCc1ccccc1. The molecule has 3 amide bonds. The Labute approximate surface area is 187 Å². The van der Waals surface area contributed by atoms with Crippen molar-refractivity contribution in [2.24, 2.45) is 5.92 Å². The Morgan fingerprint density at radius 3 is 2.22 bits per heavy atom. The van der Waals surface area contributed by atoms with Gasteiger partial charge < -0.3 is 14.8 Å². The van der Waals surface area contributed by atoms with Crippen LogP contribution in [-0.4, -0.2) is 47.1 Å². The number of fused-ring (bicyclic) bond motifs is 1. The van der Waals surface area contributed by atoms with E-state index in [0.29, 0.717) is 30.8 Å². The van der Waals surface area contributed by atoms with Crippen LogP contribution in [-0.2, 0) is 16.1 Å². The maximum Gasteiger partial charge on any atom is 0.408 e. The minimum Gasteiger partial charge on any atom is -0.444 e. The van der Waals surface area contributed by atoms with Crippen LogP contribution in [0.1, 0.15) is 53.5 Å². The van der Waals surface area contributed by atoms with E-state index in [2.05, 4.69) is 5.32 Å². The van der Waals surface area contributed by atoms with Crippen LogP contribution in [0.3, 0.4) is 0 Å². The average Bonchev–Trinajstić information content (AvgIpc) is 3.35. The Hall–Kier alpha value is -3.19. The highest BCUT2D eigenvalue weighted by Gasteiger charge is 2.58. The topological polar surface area (TPSA) is 84.9 Å². The molecule has 0 aromatic heterocycles. The van der Waals surface area contributed by atoms with Gasteiger partial charge in [0.15, 0.2) is 0 Å². The maximum atomic E-state index is 12.9. The Kier molecular flexibility index (Phi) is 5.77. The second kappa shape index (κ2) is 8.39. The molecule has 2 aliphatic rings. The van der Waals surface area contributed by atoms with Gasteiger partial charge in [-0.25, -0.2) is 4.79 Å². The van der Waals surface area contributed by atoms with Crippen LogP contribution >= 0.6 is 0 Å². The van der Waals surface area contributed by atoms with Gasteiger partial charge in [0.25, 0.3) is 11.8 Å². The summed E-state index contributed by atoms with van der Waals surface area (Å²) in [5, 5.41) is 2.93. The maximum absolute atomic E-state index is 12.9. The molecule has 1 aliphatic heterocycles. The summed E-state index contributed by atoms with van der Waals surface area (Å²) in [6.45, 7) is 6.29. The smallest absolute Gasteiger partial charge is 0.408 e. The molecule has 0 spiro atoms. The quantitative estimate of drug-likeness (QED) is 0.668. The zero-order chi connectivity index (χ0) is 22.9. The zero-order valence-corrected chi connectivity index (χ0v) is 18.6. The molecule has 1 heterocycles. The minimum absolute atomic E-state index is 0.0388. The van der Waals surface area contributed by atoms with Crippen LogP contribution in [0.5, 0.6) is 0 Å². The number of hydrogen-bond donors (Lipinski definition) is 1. The first-order valence-corrected chi connectivity index (χ1v) is 10.8. The molecule has 2 atom stereocenters. The molecular formula is C25H28N2O5. The van der Waals surface area contributed by atoms with E-state index < -0.39 is 17.2 Å².